The Balaban J connectivity index is 1.24. The quantitative estimate of drug-likeness (QED) is 0.131. The first kappa shape index (κ1) is 46.5. The monoisotopic (exact) mass is 980 g/mol. The zero-order chi connectivity index (χ0) is 52.4. The summed E-state index contributed by atoms with van der Waals surface area (Å²) in [4.78, 5) is 28.9. The maximum atomic E-state index is 11.1. The van der Waals surface area contributed by atoms with E-state index >= 15 is 0 Å². The molecule has 10 nitrogen and oxygen atoms in total. The minimum atomic E-state index is 0.327. The molecule has 10 heteroatoms. The summed E-state index contributed by atoms with van der Waals surface area (Å²) in [5.41, 5.74) is 13.9. The van der Waals surface area contributed by atoms with Gasteiger partial charge in [0.2, 0.25) is 0 Å². The van der Waals surface area contributed by atoms with Crippen molar-refractivity contribution >= 4 is 33.2 Å². The first-order valence-electron chi connectivity index (χ1n) is 24.4. The second-order valence-corrected chi connectivity index (χ2v) is 18.1. The highest BCUT2D eigenvalue weighted by Gasteiger charge is 2.27. The Kier molecular flexibility index (Phi) is 11.9. The number of nitriles is 3. The van der Waals surface area contributed by atoms with Gasteiger partial charge in [-0.1, -0.05) is 152 Å². The highest BCUT2D eigenvalue weighted by molar-refractivity contribution is 6.13. The summed E-state index contributed by atoms with van der Waals surface area (Å²) >= 11 is 0. The smallest absolute Gasteiger partial charge is 0.196 e. The van der Waals surface area contributed by atoms with Crippen molar-refractivity contribution in [3.05, 3.63) is 258 Å². The summed E-state index contributed by atoms with van der Waals surface area (Å²) in [7, 11) is 0. The van der Waals surface area contributed by atoms with Crippen molar-refractivity contribution in [1.29, 1.82) is 15.8 Å². The zero-order valence-corrected chi connectivity index (χ0v) is 40.8. The average molecular weight is 981 g/mol. The fraction of sp³-hybridized carbons (Fsp3) is 0. The molecule has 0 saturated carbocycles. The molecule has 3 aromatic heterocycles. The predicted octanol–water partition coefficient (Wildman–Crippen LogP) is 16.4. The fourth-order valence-corrected chi connectivity index (χ4v) is 9.93. The van der Waals surface area contributed by atoms with Gasteiger partial charge in [0.1, 0.15) is 0 Å². The van der Waals surface area contributed by atoms with Crippen molar-refractivity contribution in [1.82, 2.24) is 24.5 Å². The highest BCUT2D eigenvalue weighted by Crippen LogP contribution is 2.45. The van der Waals surface area contributed by atoms with Gasteiger partial charge >= 0.3 is 0 Å². The van der Waals surface area contributed by atoms with Crippen LogP contribution >= 0.6 is 0 Å². The predicted molar refractivity (Wildman–Crippen MR) is 302 cm³/mol. The Bertz CT molecular complexity index is 4160. The van der Waals surface area contributed by atoms with Crippen molar-refractivity contribution in [2.24, 2.45) is 0 Å². The van der Waals surface area contributed by atoms with E-state index in [2.05, 4.69) is 32.5 Å². The Morgan fingerprint density at radius 3 is 1.22 bits per heavy atom. The third-order valence-electron chi connectivity index (χ3n) is 13.6. The molecule has 0 aliphatic heterocycles. The fourth-order valence-electron chi connectivity index (χ4n) is 9.93. The Morgan fingerprint density at radius 1 is 0.364 bits per heavy atom. The van der Waals surface area contributed by atoms with Crippen LogP contribution in [0.15, 0.2) is 218 Å². The van der Waals surface area contributed by atoms with Crippen LogP contribution in [0, 0.1) is 47.1 Å². The van der Waals surface area contributed by atoms with Gasteiger partial charge in [0.15, 0.2) is 23.0 Å². The highest BCUT2D eigenvalue weighted by atomic mass is 15.0. The average Bonchev–Trinajstić information content (AvgIpc) is 3.83. The van der Waals surface area contributed by atoms with Crippen molar-refractivity contribution in [3.63, 3.8) is 0 Å². The lowest BCUT2D eigenvalue weighted by molar-refractivity contribution is 1.12. The first-order chi connectivity index (χ1) is 37.9. The third-order valence-corrected chi connectivity index (χ3v) is 13.6. The van der Waals surface area contributed by atoms with Gasteiger partial charge in [-0.3, -0.25) is 0 Å². The van der Waals surface area contributed by atoms with Crippen LogP contribution in [0.2, 0.25) is 0 Å². The van der Waals surface area contributed by atoms with Crippen LogP contribution in [0.3, 0.4) is 0 Å². The van der Waals surface area contributed by atoms with Gasteiger partial charge in [-0.05, 0) is 89.0 Å². The molecule has 0 atom stereocenters. The van der Waals surface area contributed by atoms with Crippen LogP contribution in [-0.4, -0.2) is 24.5 Å². The zero-order valence-electron chi connectivity index (χ0n) is 40.8. The van der Waals surface area contributed by atoms with Crippen LogP contribution in [0.4, 0.5) is 11.4 Å². The molecule has 3 heterocycles. The van der Waals surface area contributed by atoms with Gasteiger partial charge < -0.3 is 4.57 Å². The molecule has 0 spiro atoms. The lowest BCUT2D eigenvalue weighted by Crippen LogP contribution is -2.06. The van der Waals surface area contributed by atoms with Crippen LogP contribution in [0.25, 0.3) is 127 Å². The Morgan fingerprint density at radius 2 is 0.805 bits per heavy atom. The van der Waals surface area contributed by atoms with E-state index < -0.39 is 0 Å². The SMILES string of the molecule is [C-]#[N+]c1ccc(-c2ccc3c(c2)c2cc(-c4ccc(C#N)cc4[N+]#[C-])ccc2n3-c2c(-c3nc(-c4ccccc4)cc(-c4ccccc4)n3)cc(C#N)cc2-c2nc(-c3ccccc3)cc(-c3ccccc3)n2)c(C#N)c1. The molecule has 0 N–H and O–H groups in total. The van der Waals surface area contributed by atoms with Crippen molar-refractivity contribution in [2.75, 3.05) is 0 Å². The molecular weight excluding hydrogens is 945 g/mol. The van der Waals surface area contributed by atoms with Crippen molar-refractivity contribution < 1.29 is 0 Å². The van der Waals surface area contributed by atoms with E-state index in [9.17, 15) is 15.8 Å². The summed E-state index contributed by atoms with van der Waals surface area (Å²) in [6, 6.07) is 76.5. The number of benzene rings is 9. The van der Waals surface area contributed by atoms with E-state index in [-0.39, 0.29) is 0 Å². The van der Waals surface area contributed by atoms with Gasteiger partial charge in [-0.25, -0.2) is 29.6 Å². The van der Waals surface area contributed by atoms with E-state index in [1.54, 1.807) is 36.4 Å². The van der Waals surface area contributed by atoms with Crippen LogP contribution in [-0.2, 0) is 0 Å². The summed E-state index contributed by atoms with van der Waals surface area (Å²) in [5, 5.41) is 32.9. The molecule has 0 unspecified atom stereocenters. The molecule has 0 fully saturated rings. The van der Waals surface area contributed by atoms with E-state index in [1.165, 1.54) is 0 Å². The molecular formula is C67H36N10. The Labute approximate surface area is 443 Å². The van der Waals surface area contributed by atoms with Gasteiger partial charge in [-0.2, -0.15) is 15.8 Å². The van der Waals surface area contributed by atoms with Gasteiger partial charge in [0.25, 0.3) is 0 Å². The molecule has 354 valence electrons. The van der Waals surface area contributed by atoms with E-state index in [1.807, 2.05) is 182 Å². The van der Waals surface area contributed by atoms with E-state index in [0.717, 1.165) is 55.2 Å². The molecule has 9 aromatic carbocycles. The number of aromatic nitrogens is 5. The molecule has 0 amide bonds. The number of fused-ring (bicyclic) bond motifs is 3. The van der Waals surface area contributed by atoms with E-state index in [4.69, 9.17) is 33.1 Å². The van der Waals surface area contributed by atoms with E-state index in [0.29, 0.717) is 90.4 Å². The van der Waals surface area contributed by atoms with Crippen LogP contribution in [0.1, 0.15) is 16.7 Å². The Hall–Kier alpha value is -11.6. The molecule has 0 bridgehead atoms. The van der Waals surface area contributed by atoms with Gasteiger partial charge in [-0.15, -0.1) is 0 Å². The molecule has 0 saturated heterocycles. The molecule has 0 aliphatic rings. The summed E-state index contributed by atoms with van der Waals surface area (Å²) in [5.74, 6) is 0.698. The second-order valence-electron chi connectivity index (χ2n) is 18.1. The molecule has 12 rings (SSSR count). The third kappa shape index (κ3) is 8.63. The summed E-state index contributed by atoms with van der Waals surface area (Å²) < 4.78 is 2.15. The molecule has 77 heavy (non-hydrogen) atoms. The minimum Gasteiger partial charge on any atom is -0.308 e. The van der Waals surface area contributed by atoms with Crippen LogP contribution < -0.4 is 0 Å². The van der Waals surface area contributed by atoms with Crippen LogP contribution in [0.5, 0.6) is 0 Å². The topological polar surface area (TPSA) is 137 Å². The molecule has 0 aliphatic carbocycles. The maximum Gasteiger partial charge on any atom is 0.196 e. The molecule has 12 aromatic rings. The largest absolute Gasteiger partial charge is 0.308 e. The first-order valence-corrected chi connectivity index (χ1v) is 24.4. The number of hydrogen-bond acceptors (Lipinski definition) is 7. The van der Waals surface area contributed by atoms with Gasteiger partial charge in [0.05, 0.1) is 76.4 Å². The lowest BCUT2D eigenvalue weighted by atomic mass is 9.97. The van der Waals surface area contributed by atoms with Crippen molar-refractivity contribution in [3.8, 4) is 114 Å². The second kappa shape index (κ2) is 19.8. The normalized spacial score (nSPS) is 10.8. The van der Waals surface area contributed by atoms with Gasteiger partial charge in [0, 0.05) is 55.3 Å². The lowest BCUT2D eigenvalue weighted by Gasteiger charge is -2.20. The standard InChI is InChI=1S/C67H36N10/c1-71-51-26-28-52(50(34-51)41-70)48-24-29-63-54(35-48)55-36-49(53-27-23-42(39-68)33-62(53)72-2)25-30-64(55)77(63)65-56(66-73-58(44-15-7-3-8-16-44)37-59(74-66)45-17-9-4-10-18-45)31-43(40-69)32-57(65)67-75-60(46-19-11-5-12-20-46)38-61(76-67)47-21-13-6-14-22-47/h3-38H. The molecule has 0 radical (unpaired) electrons. The minimum absolute atomic E-state index is 0.327. The number of rotatable bonds is 9. The number of hydrogen-bond donors (Lipinski definition) is 0. The summed E-state index contributed by atoms with van der Waals surface area (Å²) in [6.45, 7) is 15.8. The van der Waals surface area contributed by atoms with Crippen molar-refractivity contribution in [2.45, 2.75) is 0 Å². The summed E-state index contributed by atoms with van der Waals surface area (Å²) in [6.07, 6.45) is 0. The maximum absolute atomic E-state index is 11.1. The number of nitrogens with zero attached hydrogens (tertiary/aromatic N) is 10.